The maximum Gasteiger partial charge on any atom is 0.251 e. The van der Waals surface area contributed by atoms with Crippen molar-refractivity contribution in [2.45, 2.75) is 64.5 Å². The number of rotatable bonds is 5. The molecule has 1 amide bonds. The molecule has 1 atom stereocenters. The number of nitrogens with one attached hydrogen (secondary N) is 1. The highest BCUT2D eigenvalue weighted by Crippen LogP contribution is 2.53. The predicted octanol–water partition coefficient (Wildman–Crippen LogP) is 4.42. The first kappa shape index (κ1) is 16.0. The van der Waals surface area contributed by atoms with Crippen molar-refractivity contribution in [1.29, 1.82) is 0 Å². The smallest absolute Gasteiger partial charge is 0.251 e. The van der Waals surface area contributed by atoms with Gasteiger partial charge >= 0.3 is 0 Å². The number of carbonyl (C=O) groups is 1. The minimum atomic E-state index is 0.0714. The lowest BCUT2D eigenvalue weighted by atomic mass is 9.54. The van der Waals surface area contributed by atoms with Crippen LogP contribution >= 0.6 is 0 Å². The van der Waals surface area contributed by atoms with E-state index in [4.69, 9.17) is 4.74 Å². The molecule has 4 fully saturated rings. The third-order valence-electron chi connectivity index (χ3n) is 6.53. The lowest BCUT2D eigenvalue weighted by Crippen LogP contribution is -2.55. The van der Waals surface area contributed by atoms with Crippen molar-refractivity contribution >= 4 is 5.91 Å². The average molecular weight is 327 g/mol. The molecule has 1 aromatic carbocycles. The standard InChI is InChI=1S/C21H29NO2/c1-3-13(2)24-19-6-4-5-16(12-19)21(23)22-20-17-8-14-7-15(10-17)11-18(20)9-14/h4-6,12-15,17-18,20H,3,7-11H2,1-2H3,(H,22,23)/t13-,14?,15?,17?,18?,20?/m0/s1. The van der Waals surface area contributed by atoms with E-state index >= 15 is 0 Å². The van der Waals surface area contributed by atoms with E-state index in [0.29, 0.717) is 17.9 Å². The van der Waals surface area contributed by atoms with Gasteiger partial charge in [0.15, 0.2) is 0 Å². The van der Waals surface area contributed by atoms with Gasteiger partial charge in [0.2, 0.25) is 0 Å². The molecule has 0 unspecified atom stereocenters. The Bertz CT molecular complexity index is 584. The fraction of sp³-hybridized carbons (Fsp3) is 0.667. The summed E-state index contributed by atoms with van der Waals surface area (Å²) in [5.41, 5.74) is 0.726. The van der Waals surface area contributed by atoms with Gasteiger partial charge in [0.25, 0.3) is 5.91 Å². The largest absolute Gasteiger partial charge is 0.491 e. The normalized spacial score (nSPS) is 34.8. The highest BCUT2D eigenvalue weighted by Gasteiger charge is 2.48. The molecule has 0 radical (unpaired) electrons. The minimum Gasteiger partial charge on any atom is -0.491 e. The van der Waals surface area contributed by atoms with E-state index in [1.54, 1.807) is 0 Å². The summed E-state index contributed by atoms with van der Waals surface area (Å²) in [6.45, 7) is 4.16. The van der Waals surface area contributed by atoms with Crippen LogP contribution in [0.5, 0.6) is 5.75 Å². The summed E-state index contributed by atoms with van der Waals surface area (Å²) in [6, 6.07) is 8.03. The van der Waals surface area contributed by atoms with E-state index in [0.717, 1.165) is 29.6 Å². The summed E-state index contributed by atoms with van der Waals surface area (Å²) in [6.07, 6.45) is 7.90. The third kappa shape index (κ3) is 3.05. The molecular weight excluding hydrogens is 298 g/mol. The van der Waals surface area contributed by atoms with Crippen molar-refractivity contribution in [3.05, 3.63) is 29.8 Å². The van der Waals surface area contributed by atoms with E-state index in [9.17, 15) is 4.79 Å². The van der Waals surface area contributed by atoms with E-state index < -0.39 is 0 Å². The maximum atomic E-state index is 12.8. The third-order valence-corrected chi connectivity index (χ3v) is 6.53. The molecule has 0 spiro atoms. The molecule has 1 aromatic rings. The summed E-state index contributed by atoms with van der Waals surface area (Å²) in [7, 11) is 0. The van der Waals surface area contributed by atoms with Crippen LogP contribution in [0.15, 0.2) is 24.3 Å². The fourth-order valence-corrected chi connectivity index (χ4v) is 5.42. The van der Waals surface area contributed by atoms with Crippen LogP contribution in [0.4, 0.5) is 0 Å². The first-order chi connectivity index (χ1) is 11.6. The van der Waals surface area contributed by atoms with Crippen LogP contribution in [-0.4, -0.2) is 18.1 Å². The van der Waals surface area contributed by atoms with Gasteiger partial charge in [-0.15, -0.1) is 0 Å². The maximum absolute atomic E-state index is 12.8. The Labute approximate surface area is 145 Å². The average Bonchev–Trinajstić information content (AvgIpc) is 2.57. The van der Waals surface area contributed by atoms with Gasteiger partial charge in [0.1, 0.15) is 5.75 Å². The Morgan fingerprint density at radius 3 is 2.46 bits per heavy atom. The summed E-state index contributed by atoms with van der Waals surface area (Å²) < 4.78 is 5.86. The molecule has 4 aliphatic carbocycles. The first-order valence-corrected chi connectivity index (χ1v) is 9.70. The molecule has 4 aliphatic rings. The Hall–Kier alpha value is -1.51. The van der Waals surface area contributed by atoms with E-state index in [-0.39, 0.29) is 12.0 Å². The van der Waals surface area contributed by atoms with Crippen LogP contribution in [0.25, 0.3) is 0 Å². The highest BCUT2D eigenvalue weighted by atomic mass is 16.5. The van der Waals surface area contributed by atoms with Crippen molar-refractivity contribution < 1.29 is 9.53 Å². The summed E-state index contributed by atoms with van der Waals surface area (Å²) in [4.78, 5) is 12.8. The van der Waals surface area contributed by atoms with Gasteiger partial charge in [-0.3, -0.25) is 4.79 Å². The molecule has 0 aliphatic heterocycles. The van der Waals surface area contributed by atoms with Crippen LogP contribution in [0, 0.1) is 23.7 Å². The van der Waals surface area contributed by atoms with Crippen LogP contribution in [0.1, 0.15) is 62.7 Å². The van der Waals surface area contributed by atoms with E-state index in [2.05, 4.69) is 19.2 Å². The van der Waals surface area contributed by atoms with Crippen LogP contribution in [0.2, 0.25) is 0 Å². The number of ether oxygens (including phenoxy) is 1. The molecule has 0 aromatic heterocycles. The Morgan fingerprint density at radius 2 is 1.83 bits per heavy atom. The zero-order valence-electron chi connectivity index (χ0n) is 14.8. The topological polar surface area (TPSA) is 38.3 Å². The number of benzene rings is 1. The highest BCUT2D eigenvalue weighted by molar-refractivity contribution is 5.94. The molecule has 24 heavy (non-hydrogen) atoms. The number of hydrogen-bond donors (Lipinski definition) is 1. The first-order valence-electron chi connectivity index (χ1n) is 9.70. The van der Waals surface area contributed by atoms with Crippen LogP contribution in [0.3, 0.4) is 0 Å². The van der Waals surface area contributed by atoms with Gasteiger partial charge in [-0.2, -0.15) is 0 Å². The molecule has 5 rings (SSSR count). The molecule has 130 valence electrons. The Morgan fingerprint density at radius 1 is 1.17 bits per heavy atom. The molecule has 3 heteroatoms. The second-order valence-corrected chi connectivity index (χ2v) is 8.29. The quantitative estimate of drug-likeness (QED) is 0.869. The lowest BCUT2D eigenvalue weighted by Gasteiger charge is -2.54. The van der Waals surface area contributed by atoms with Crippen molar-refractivity contribution in [2.75, 3.05) is 0 Å². The second-order valence-electron chi connectivity index (χ2n) is 8.29. The van der Waals surface area contributed by atoms with Crippen LogP contribution in [-0.2, 0) is 0 Å². The Kier molecular flexibility index (Phi) is 4.28. The molecule has 0 heterocycles. The predicted molar refractivity (Wildman–Crippen MR) is 95.1 cm³/mol. The van der Waals surface area contributed by atoms with Gasteiger partial charge in [-0.25, -0.2) is 0 Å². The molecule has 4 saturated carbocycles. The number of amides is 1. The molecule has 0 saturated heterocycles. The lowest BCUT2D eigenvalue weighted by molar-refractivity contribution is -0.0119. The van der Waals surface area contributed by atoms with Crippen molar-refractivity contribution in [3.8, 4) is 5.75 Å². The Balaban J connectivity index is 1.44. The fourth-order valence-electron chi connectivity index (χ4n) is 5.42. The van der Waals surface area contributed by atoms with E-state index in [1.807, 2.05) is 24.3 Å². The van der Waals surface area contributed by atoms with Crippen molar-refractivity contribution in [2.24, 2.45) is 23.7 Å². The summed E-state index contributed by atoms with van der Waals surface area (Å²) in [5, 5.41) is 3.38. The summed E-state index contributed by atoms with van der Waals surface area (Å²) >= 11 is 0. The van der Waals surface area contributed by atoms with Gasteiger partial charge in [0, 0.05) is 11.6 Å². The van der Waals surface area contributed by atoms with Gasteiger partial charge < -0.3 is 10.1 Å². The van der Waals surface area contributed by atoms with Crippen molar-refractivity contribution in [3.63, 3.8) is 0 Å². The second kappa shape index (κ2) is 6.42. The number of carbonyl (C=O) groups excluding carboxylic acids is 1. The molecular formula is C21H29NO2. The minimum absolute atomic E-state index is 0.0714. The van der Waals surface area contributed by atoms with Crippen molar-refractivity contribution in [1.82, 2.24) is 5.32 Å². The summed E-state index contributed by atoms with van der Waals surface area (Å²) in [5.74, 6) is 4.17. The van der Waals surface area contributed by atoms with E-state index in [1.165, 1.54) is 32.1 Å². The number of hydrogen-bond acceptors (Lipinski definition) is 2. The zero-order valence-corrected chi connectivity index (χ0v) is 14.8. The van der Waals surface area contributed by atoms with Crippen LogP contribution < -0.4 is 10.1 Å². The molecule has 3 nitrogen and oxygen atoms in total. The SMILES string of the molecule is CC[C@H](C)Oc1cccc(C(=O)NC2C3CC4CC(C3)CC2C4)c1. The van der Waals surface area contributed by atoms with Gasteiger partial charge in [-0.1, -0.05) is 13.0 Å². The molecule has 4 bridgehead atoms. The monoisotopic (exact) mass is 327 g/mol. The van der Waals surface area contributed by atoms with Gasteiger partial charge in [-0.05, 0) is 87.3 Å². The zero-order chi connectivity index (χ0) is 16.7. The van der Waals surface area contributed by atoms with Gasteiger partial charge in [0.05, 0.1) is 6.10 Å². The molecule has 1 N–H and O–H groups in total.